The Morgan fingerprint density at radius 3 is 2.53 bits per heavy atom. The van der Waals surface area contributed by atoms with Gasteiger partial charge in [-0.3, -0.25) is 9.78 Å². The first-order valence-corrected chi connectivity index (χ1v) is 10.3. The first-order chi connectivity index (χ1) is 15.5. The van der Waals surface area contributed by atoms with Gasteiger partial charge in [-0.15, -0.1) is 11.3 Å². The normalized spacial score (nSPS) is 11.0. The van der Waals surface area contributed by atoms with Crippen LogP contribution in [0.2, 0.25) is 0 Å². The molecular weight excluding hydrogens is 430 g/mol. The van der Waals surface area contributed by atoms with E-state index >= 15 is 0 Å². The van der Waals surface area contributed by atoms with Crippen molar-refractivity contribution in [3.8, 4) is 22.0 Å². The standard InChI is InChI=1S/C22H15N5O4S/c28-17-10-7-13(11-15(17)20-24-16-3-1-2-4-18(16)32-20)23-19(29)12-5-8-14(9-6-12)27-22(31)25-21(30)26-27/h1-11,28H,(H,23,29)(H2,25,26,30,31). The van der Waals surface area contributed by atoms with E-state index in [1.54, 1.807) is 24.3 Å². The highest BCUT2D eigenvalue weighted by atomic mass is 32.1. The van der Waals surface area contributed by atoms with Gasteiger partial charge in [-0.25, -0.2) is 24.4 Å². The van der Waals surface area contributed by atoms with Crippen LogP contribution in [0.1, 0.15) is 10.4 Å². The zero-order valence-corrected chi connectivity index (χ0v) is 17.1. The largest absolute Gasteiger partial charge is 0.507 e. The number of nitrogens with one attached hydrogen (secondary N) is 3. The van der Waals surface area contributed by atoms with Gasteiger partial charge in [0.2, 0.25) is 0 Å². The number of carbonyl (C=O) groups is 1. The Labute approximate surface area is 183 Å². The predicted octanol–water partition coefficient (Wildman–Crippen LogP) is 3.09. The number of nitrogens with zero attached hydrogens (tertiary/aromatic N) is 2. The van der Waals surface area contributed by atoms with Crippen molar-refractivity contribution in [1.29, 1.82) is 0 Å². The molecule has 0 aliphatic carbocycles. The molecule has 0 aliphatic heterocycles. The SMILES string of the molecule is O=C(Nc1ccc(O)c(-c2nc3ccccc3s2)c1)c1ccc(-n2[nH]c(=O)[nH]c2=O)cc1. The molecule has 0 fully saturated rings. The number of hydrogen-bond acceptors (Lipinski definition) is 6. The number of aromatic amines is 2. The molecule has 3 aromatic carbocycles. The summed E-state index contributed by atoms with van der Waals surface area (Å²) in [6, 6.07) is 18.6. The number of aromatic nitrogens is 4. The zero-order chi connectivity index (χ0) is 22.2. The number of aromatic hydroxyl groups is 1. The number of rotatable bonds is 4. The van der Waals surface area contributed by atoms with E-state index < -0.39 is 11.4 Å². The van der Waals surface area contributed by atoms with E-state index in [0.29, 0.717) is 27.5 Å². The maximum Gasteiger partial charge on any atom is 0.349 e. The van der Waals surface area contributed by atoms with Crippen molar-refractivity contribution in [2.75, 3.05) is 5.32 Å². The van der Waals surface area contributed by atoms with Crippen molar-refractivity contribution in [2.45, 2.75) is 0 Å². The van der Waals surface area contributed by atoms with Crippen molar-refractivity contribution in [3.63, 3.8) is 0 Å². The number of fused-ring (bicyclic) bond motifs is 1. The average Bonchev–Trinajstić information content (AvgIpc) is 3.37. The topological polar surface area (TPSA) is 133 Å². The van der Waals surface area contributed by atoms with Crippen LogP contribution < -0.4 is 16.7 Å². The predicted molar refractivity (Wildman–Crippen MR) is 122 cm³/mol. The van der Waals surface area contributed by atoms with Gasteiger partial charge >= 0.3 is 11.4 Å². The quantitative estimate of drug-likeness (QED) is 0.316. The molecule has 4 N–H and O–H groups in total. The molecule has 10 heteroatoms. The van der Waals surface area contributed by atoms with Crippen LogP contribution in [0, 0.1) is 0 Å². The van der Waals surface area contributed by atoms with Crippen molar-refractivity contribution < 1.29 is 9.90 Å². The summed E-state index contributed by atoms with van der Waals surface area (Å²) in [6.45, 7) is 0. The van der Waals surface area contributed by atoms with E-state index in [9.17, 15) is 19.5 Å². The van der Waals surface area contributed by atoms with Gasteiger partial charge in [0.25, 0.3) is 5.91 Å². The van der Waals surface area contributed by atoms with Crippen LogP contribution in [0.15, 0.2) is 76.3 Å². The highest BCUT2D eigenvalue weighted by molar-refractivity contribution is 7.21. The number of benzene rings is 3. The van der Waals surface area contributed by atoms with Crippen LogP contribution in [0.3, 0.4) is 0 Å². The smallest absolute Gasteiger partial charge is 0.349 e. The summed E-state index contributed by atoms with van der Waals surface area (Å²) < 4.78 is 2.05. The fourth-order valence-corrected chi connectivity index (χ4v) is 4.24. The second-order valence-electron chi connectivity index (χ2n) is 6.93. The van der Waals surface area contributed by atoms with E-state index in [4.69, 9.17) is 0 Å². The highest BCUT2D eigenvalue weighted by Crippen LogP contribution is 2.36. The second-order valence-corrected chi connectivity index (χ2v) is 7.96. The summed E-state index contributed by atoms with van der Waals surface area (Å²) in [5, 5.41) is 16.1. The molecule has 0 saturated heterocycles. The van der Waals surface area contributed by atoms with Gasteiger partial charge in [-0.2, -0.15) is 0 Å². The summed E-state index contributed by atoms with van der Waals surface area (Å²) in [5.41, 5.74) is 1.41. The van der Waals surface area contributed by atoms with Gasteiger partial charge in [0.1, 0.15) is 10.8 Å². The molecule has 0 spiro atoms. The maximum atomic E-state index is 12.7. The molecule has 158 valence electrons. The van der Waals surface area contributed by atoms with Crippen LogP contribution in [0.4, 0.5) is 5.69 Å². The fraction of sp³-hybridized carbons (Fsp3) is 0. The molecule has 0 aliphatic rings. The summed E-state index contributed by atoms with van der Waals surface area (Å²) in [7, 11) is 0. The highest BCUT2D eigenvalue weighted by Gasteiger charge is 2.13. The van der Waals surface area contributed by atoms with E-state index in [1.165, 1.54) is 29.5 Å². The van der Waals surface area contributed by atoms with E-state index in [0.717, 1.165) is 14.9 Å². The Morgan fingerprint density at radius 1 is 1.03 bits per heavy atom. The Bertz CT molecular complexity index is 1540. The Kier molecular flexibility index (Phi) is 4.68. The minimum absolute atomic E-state index is 0.0670. The lowest BCUT2D eigenvalue weighted by Gasteiger charge is -2.09. The molecule has 9 nitrogen and oxygen atoms in total. The van der Waals surface area contributed by atoms with Crippen molar-refractivity contribution in [3.05, 3.63) is 93.3 Å². The Hall–Kier alpha value is -4.44. The zero-order valence-electron chi connectivity index (χ0n) is 16.3. The van der Waals surface area contributed by atoms with Crippen LogP contribution in [-0.2, 0) is 0 Å². The molecule has 0 unspecified atom stereocenters. The van der Waals surface area contributed by atoms with Gasteiger partial charge in [0.15, 0.2) is 0 Å². The molecule has 1 amide bonds. The second kappa shape index (κ2) is 7.67. The maximum absolute atomic E-state index is 12.7. The van der Waals surface area contributed by atoms with E-state index in [1.807, 2.05) is 24.3 Å². The van der Waals surface area contributed by atoms with Crippen LogP contribution in [0.5, 0.6) is 5.75 Å². The summed E-state index contributed by atoms with van der Waals surface area (Å²) >= 11 is 1.45. The molecule has 32 heavy (non-hydrogen) atoms. The van der Waals surface area contributed by atoms with Crippen LogP contribution >= 0.6 is 11.3 Å². The molecule has 5 rings (SSSR count). The first-order valence-electron chi connectivity index (χ1n) is 9.50. The molecule has 0 atom stereocenters. The van der Waals surface area contributed by atoms with Crippen LogP contribution in [-0.4, -0.2) is 30.8 Å². The monoisotopic (exact) mass is 445 g/mol. The summed E-state index contributed by atoms with van der Waals surface area (Å²) in [6.07, 6.45) is 0. The van der Waals surface area contributed by atoms with E-state index in [-0.39, 0.29) is 11.7 Å². The number of carbonyl (C=O) groups excluding carboxylic acids is 1. The fourth-order valence-electron chi connectivity index (χ4n) is 3.25. The minimum atomic E-state index is -0.618. The van der Waals surface area contributed by atoms with Gasteiger partial charge in [0.05, 0.1) is 21.5 Å². The number of H-pyrrole nitrogens is 2. The third-order valence-electron chi connectivity index (χ3n) is 4.80. The lowest BCUT2D eigenvalue weighted by molar-refractivity contribution is 0.102. The molecule has 0 saturated carbocycles. The number of anilines is 1. The third kappa shape index (κ3) is 3.59. The van der Waals surface area contributed by atoms with Crippen molar-refractivity contribution >= 4 is 33.1 Å². The van der Waals surface area contributed by atoms with Gasteiger partial charge < -0.3 is 10.4 Å². The number of thiazole rings is 1. The number of phenols is 1. The number of phenolic OH excluding ortho intramolecular Hbond substituents is 1. The van der Waals surface area contributed by atoms with Crippen molar-refractivity contribution in [2.24, 2.45) is 0 Å². The van der Waals surface area contributed by atoms with Gasteiger partial charge in [-0.1, -0.05) is 12.1 Å². The molecular formula is C22H15N5O4S. The van der Waals surface area contributed by atoms with Gasteiger partial charge in [0, 0.05) is 11.3 Å². The number of hydrogen-bond donors (Lipinski definition) is 4. The average molecular weight is 445 g/mol. The van der Waals surface area contributed by atoms with Crippen molar-refractivity contribution in [1.82, 2.24) is 19.7 Å². The Morgan fingerprint density at radius 2 is 1.81 bits per heavy atom. The number of amides is 1. The number of para-hydroxylation sites is 1. The minimum Gasteiger partial charge on any atom is -0.507 e. The van der Waals surface area contributed by atoms with Crippen LogP contribution in [0.25, 0.3) is 26.5 Å². The molecule has 5 aromatic rings. The Balaban J connectivity index is 1.40. The molecule has 0 bridgehead atoms. The first kappa shape index (κ1) is 19.5. The lowest BCUT2D eigenvalue weighted by Crippen LogP contribution is -2.16. The van der Waals surface area contributed by atoms with Gasteiger partial charge in [-0.05, 0) is 54.6 Å². The third-order valence-corrected chi connectivity index (χ3v) is 5.87. The lowest BCUT2D eigenvalue weighted by atomic mass is 10.1. The van der Waals surface area contributed by atoms with E-state index in [2.05, 4.69) is 20.4 Å². The molecule has 2 aromatic heterocycles. The molecule has 0 radical (unpaired) electrons. The summed E-state index contributed by atoms with van der Waals surface area (Å²) in [4.78, 5) is 42.3. The summed E-state index contributed by atoms with van der Waals surface area (Å²) in [5.74, 6) is -0.301. The molecule has 2 heterocycles.